The van der Waals surface area contributed by atoms with E-state index in [1.807, 2.05) is 13.8 Å². The smallest absolute Gasteiger partial charge is 0.191 e. The molecule has 1 heterocycles. The van der Waals surface area contributed by atoms with Gasteiger partial charge in [-0.2, -0.15) is 0 Å². The van der Waals surface area contributed by atoms with E-state index < -0.39 is 0 Å². The lowest BCUT2D eigenvalue weighted by molar-refractivity contribution is 0.392. The molecule has 0 atom stereocenters. The number of allylic oxidation sites excluding steroid dienone is 1. The van der Waals surface area contributed by atoms with Crippen LogP contribution in [-0.4, -0.2) is 24.7 Å². The van der Waals surface area contributed by atoms with Crippen molar-refractivity contribution in [3.63, 3.8) is 0 Å². The Hall–Kier alpha value is -1.78. The van der Waals surface area contributed by atoms with Crippen LogP contribution in [0.1, 0.15) is 42.7 Å². The van der Waals surface area contributed by atoms with Crippen molar-refractivity contribution in [2.45, 2.75) is 46.1 Å². The molecule has 5 nitrogen and oxygen atoms in total. The van der Waals surface area contributed by atoms with Crippen LogP contribution in [0.3, 0.4) is 0 Å². The quantitative estimate of drug-likeness (QED) is 0.492. The summed E-state index contributed by atoms with van der Waals surface area (Å²) >= 11 is 0. The molecule has 2 rings (SSSR count). The van der Waals surface area contributed by atoms with Crippen LogP contribution in [0.2, 0.25) is 0 Å². The lowest BCUT2D eigenvalue weighted by Crippen LogP contribution is -2.37. The zero-order valence-electron chi connectivity index (χ0n) is 12.6. The van der Waals surface area contributed by atoms with E-state index in [9.17, 15) is 0 Å². The van der Waals surface area contributed by atoms with Crippen LogP contribution >= 0.6 is 0 Å². The highest BCUT2D eigenvalue weighted by Crippen LogP contribution is 2.19. The molecule has 110 valence electrons. The summed E-state index contributed by atoms with van der Waals surface area (Å²) in [6, 6.07) is 0. The molecule has 0 fully saturated rings. The van der Waals surface area contributed by atoms with Gasteiger partial charge >= 0.3 is 0 Å². The van der Waals surface area contributed by atoms with Gasteiger partial charge in [-0.3, -0.25) is 4.99 Å². The standard InChI is InChI=1S/C15H24N4O/c1-11-14(12(2)20-19-11)10-18-15(16-3)17-9-8-13-6-4-5-7-13/h6H,4-5,7-10H2,1-3H3,(H2,16,17,18). The summed E-state index contributed by atoms with van der Waals surface area (Å²) in [6.45, 7) is 5.49. The third-order valence-corrected chi connectivity index (χ3v) is 3.71. The number of nitrogens with one attached hydrogen (secondary N) is 2. The van der Waals surface area contributed by atoms with Crippen molar-refractivity contribution in [3.8, 4) is 0 Å². The monoisotopic (exact) mass is 276 g/mol. The maximum absolute atomic E-state index is 5.15. The predicted octanol–water partition coefficient (Wildman–Crippen LogP) is 2.46. The number of aryl methyl sites for hydroxylation is 2. The Balaban J connectivity index is 1.75. The summed E-state index contributed by atoms with van der Waals surface area (Å²) in [5.74, 6) is 1.69. The highest BCUT2D eigenvalue weighted by atomic mass is 16.5. The van der Waals surface area contributed by atoms with Gasteiger partial charge in [0.25, 0.3) is 0 Å². The molecule has 1 aliphatic carbocycles. The summed E-state index contributed by atoms with van der Waals surface area (Å²) in [6.07, 6.45) is 7.28. The number of nitrogens with zero attached hydrogens (tertiary/aromatic N) is 2. The number of rotatable bonds is 5. The van der Waals surface area contributed by atoms with E-state index in [1.54, 1.807) is 12.6 Å². The Kier molecular flexibility index (Phi) is 5.21. The number of aromatic nitrogens is 1. The summed E-state index contributed by atoms with van der Waals surface area (Å²) in [5, 5.41) is 10.6. The molecular weight excluding hydrogens is 252 g/mol. The highest BCUT2D eigenvalue weighted by molar-refractivity contribution is 5.79. The summed E-state index contributed by atoms with van der Waals surface area (Å²) < 4.78 is 5.15. The van der Waals surface area contributed by atoms with Crippen LogP contribution in [0.25, 0.3) is 0 Å². The Morgan fingerprint density at radius 1 is 1.40 bits per heavy atom. The molecule has 0 amide bonds. The molecular formula is C15H24N4O. The first-order valence-corrected chi connectivity index (χ1v) is 7.25. The lowest BCUT2D eigenvalue weighted by atomic mass is 10.2. The van der Waals surface area contributed by atoms with Crippen molar-refractivity contribution in [1.29, 1.82) is 0 Å². The van der Waals surface area contributed by atoms with Gasteiger partial charge in [0.2, 0.25) is 0 Å². The van der Waals surface area contributed by atoms with Gasteiger partial charge in [0, 0.05) is 25.7 Å². The molecule has 1 aromatic rings. The Labute approximate surface area is 120 Å². The fourth-order valence-electron chi connectivity index (χ4n) is 2.45. The largest absolute Gasteiger partial charge is 0.361 e. The van der Waals surface area contributed by atoms with Crippen molar-refractivity contribution in [2.24, 2.45) is 4.99 Å². The topological polar surface area (TPSA) is 62.5 Å². The Morgan fingerprint density at radius 2 is 2.25 bits per heavy atom. The van der Waals surface area contributed by atoms with Crippen molar-refractivity contribution >= 4 is 5.96 Å². The lowest BCUT2D eigenvalue weighted by Gasteiger charge is -2.12. The van der Waals surface area contributed by atoms with Gasteiger partial charge in [0.05, 0.1) is 5.69 Å². The fourth-order valence-corrected chi connectivity index (χ4v) is 2.45. The summed E-state index contributed by atoms with van der Waals surface area (Å²) in [4.78, 5) is 4.23. The number of guanidine groups is 1. The second kappa shape index (κ2) is 7.12. The van der Waals surface area contributed by atoms with Gasteiger partial charge in [0.15, 0.2) is 5.96 Å². The van der Waals surface area contributed by atoms with Gasteiger partial charge in [-0.25, -0.2) is 0 Å². The van der Waals surface area contributed by atoms with Crippen LogP contribution in [0, 0.1) is 13.8 Å². The first kappa shape index (κ1) is 14.6. The number of hydrogen-bond acceptors (Lipinski definition) is 3. The Bertz CT molecular complexity index is 482. The minimum atomic E-state index is 0.684. The molecule has 0 unspecified atom stereocenters. The van der Waals surface area contributed by atoms with Crippen LogP contribution in [-0.2, 0) is 6.54 Å². The highest BCUT2D eigenvalue weighted by Gasteiger charge is 2.09. The molecule has 0 bridgehead atoms. The molecule has 0 spiro atoms. The number of aliphatic imine (C=N–C) groups is 1. The molecule has 0 saturated heterocycles. The van der Waals surface area contributed by atoms with Crippen molar-refractivity contribution in [1.82, 2.24) is 15.8 Å². The normalized spacial score (nSPS) is 15.3. The van der Waals surface area contributed by atoms with Gasteiger partial charge in [-0.15, -0.1) is 0 Å². The molecule has 0 saturated carbocycles. The third-order valence-electron chi connectivity index (χ3n) is 3.71. The average molecular weight is 276 g/mol. The average Bonchev–Trinajstić information content (AvgIpc) is 3.06. The van der Waals surface area contributed by atoms with Crippen molar-refractivity contribution in [2.75, 3.05) is 13.6 Å². The van der Waals surface area contributed by atoms with Gasteiger partial charge in [0.1, 0.15) is 5.76 Å². The predicted molar refractivity (Wildman–Crippen MR) is 80.7 cm³/mol. The molecule has 2 N–H and O–H groups in total. The van der Waals surface area contributed by atoms with Crippen LogP contribution in [0.15, 0.2) is 21.2 Å². The zero-order chi connectivity index (χ0) is 14.4. The van der Waals surface area contributed by atoms with Gasteiger partial charge in [-0.05, 0) is 39.5 Å². The molecule has 5 heteroatoms. The minimum Gasteiger partial charge on any atom is -0.361 e. The molecule has 0 radical (unpaired) electrons. The van der Waals surface area contributed by atoms with Crippen molar-refractivity contribution in [3.05, 3.63) is 28.7 Å². The summed E-state index contributed by atoms with van der Waals surface area (Å²) in [7, 11) is 1.79. The molecule has 0 aliphatic heterocycles. The van der Waals surface area contributed by atoms with E-state index >= 15 is 0 Å². The van der Waals surface area contributed by atoms with Gasteiger partial charge in [-0.1, -0.05) is 16.8 Å². The molecule has 20 heavy (non-hydrogen) atoms. The molecule has 0 aromatic carbocycles. The van der Waals surface area contributed by atoms with Gasteiger partial charge < -0.3 is 15.2 Å². The molecule has 1 aromatic heterocycles. The van der Waals surface area contributed by atoms with Crippen LogP contribution < -0.4 is 10.6 Å². The third kappa shape index (κ3) is 3.85. The summed E-state index contributed by atoms with van der Waals surface area (Å²) in [5.41, 5.74) is 3.60. The first-order valence-electron chi connectivity index (χ1n) is 7.25. The minimum absolute atomic E-state index is 0.684. The van der Waals surface area contributed by atoms with Crippen LogP contribution in [0.4, 0.5) is 0 Å². The fraction of sp³-hybridized carbons (Fsp3) is 0.600. The second-order valence-electron chi connectivity index (χ2n) is 5.16. The van der Waals surface area contributed by atoms with E-state index in [-0.39, 0.29) is 0 Å². The molecule has 1 aliphatic rings. The van der Waals surface area contributed by atoms with E-state index in [0.29, 0.717) is 6.54 Å². The Morgan fingerprint density at radius 3 is 2.85 bits per heavy atom. The van der Waals surface area contributed by atoms with Crippen LogP contribution in [0.5, 0.6) is 0 Å². The second-order valence-corrected chi connectivity index (χ2v) is 5.16. The maximum atomic E-state index is 5.15. The first-order chi connectivity index (χ1) is 9.70. The van der Waals surface area contributed by atoms with E-state index in [1.165, 1.54) is 19.3 Å². The maximum Gasteiger partial charge on any atom is 0.191 e. The van der Waals surface area contributed by atoms with E-state index in [2.05, 4.69) is 26.9 Å². The van der Waals surface area contributed by atoms with E-state index in [4.69, 9.17) is 4.52 Å². The van der Waals surface area contributed by atoms with Crippen molar-refractivity contribution < 1.29 is 4.52 Å². The zero-order valence-corrected chi connectivity index (χ0v) is 12.6. The SMILES string of the molecule is CN=C(NCCC1=CCCC1)NCc1c(C)noc1C. The van der Waals surface area contributed by atoms with E-state index in [0.717, 1.165) is 35.9 Å². The number of hydrogen-bond donors (Lipinski definition) is 2.